The summed E-state index contributed by atoms with van der Waals surface area (Å²) < 4.78 is 0. The molecule has 1 aromatic rings. The highest BCUT2D eigenvalue weighted by Gasteiger charge is 2.22. The van der Waals surface area contributed by atoms with Crippen molar-refractivity contribution in [1.29, 1.82) is 0 Å². The van der Waals surface area contributed by atoms with Gasteiger partial charge in [0.05, 0.1) is 0 Å². The fourth-order valence-corrected chi connectivity index (χ4v) is 1.81. The molecule has 1 saturated heterocycles. The van der Waals surface area contributed by atoms with Crippen LogP contribution in [0.25, 0.3) is 0 Å². The molecule has 4 nitrogen and oxygen atoms in total. The van der Waals surface area contributed by atoms with Crippen LogP contribution in [0.15, 0.2) is 12.3 Å². The SMILES string of the molecule is Cc1nccc(N2CCC(CO)C2)n1. The zero-order valence-corrected chi connectivity index (χ0v) is 8.35. The third-order valence-corrected chi connectivity index (χ3v) is 2.63. The Balaban J connectivity index is 2.09. The van der Waals surface area contributed by atoms with Crippen LogP contribution in [0.2, 0.25) is 0 Å². The Labute approximate surface area is 83.6 Å². The second kappa shape index (κ2) is 3.92. The molecule has 2 heterocycles. The summed E-state index contributed by atoms with van der Waals surface area (Å²) in [6.45, 7) is 4.07. The largest absolute Gasteiger partial charge is 0.396 e. The first-order valence-corrected chi connectivity index (χ1v) is 4.95. The van der Waals surface area contributed by atoms with Crippen molar-refractivity contribution in [2.24, 2.45) is 5.92 Å². The average molecular weight is 193 g/mol. The van der Waals surface area contributed by atoms with Gasteiger partial charge in [0.25, 0.3) is 0 Å². The maximum Gasteiger partial charge on any atom is 0.132 e. The minimum Gasteiger partial charge on any atom is -0.396 e. The van der Waals surface area contributed by atoms with E-state index in [0.29, 0.717) is 5.92 Å². The van der Waals surface area contributed by atoms with Crippen molar-refractivity contribution >= 4 is 5.82 Å². The molecule has 1 N–H and O–H groups in total. The summed E-state index contributed by atoms with van der Waals surface area (Å²) in [6.07, 6.45) is 2.84. The van der Waals surface area contributed by atoms with E-state index >= 15 is 0 Å². The van der Waals surface area contributed by atoms with Gasteiger partial charge in [0.15, 0.2) is 0 Å². The second-order valence-electron chi connectivity index (χ2n) is 3.75. The third kappa shape index (κ3) is 1.85. The van der Waals surface area contributed by atoms with E-state index in [0.717, 1.165) is 31.2 Å². The van der Waals surface area contributed by atoms with Gasteiger partial charge in [-0.25, -0.2) is 9.97 Å². The van der Waals surface area contributed by atoms with Gasteiger partial charge in [0.1, 0.15) is 11.6 Å². The summed E-state index contributed by atoms with van der Waals surface area (Å²) in [6, 6.07) is 1.92. The molecular weight excluding hydrogens is 178 g/mol. The summed E-state index contributed by atoms with van der Waals surface area (Å²) in [7, 11) is 0. The van der Waals surface area contributed by atoms with Gasteiger partial charge in [-0.1, -0.05) is 0 Å². The van der Waals surface area contributed by atoms with Crippen LogP contribution in [-0.4, -0.2) is 34.8 Å². The van der Waals surface area contributed by atoms with Crippen LogP contribution >= 0.6 is 0 Å². The molecule has 1 aliphatic rings. The molecule has 14 heavy (non-hydrogen) atoms. The number of anilines is 1. The number of aromatic nitrogens is 2. The van der Waals surface area contributed by atoms with E-state index in [4.69, 9.17) is 5.11 Å². The summed E-state index contributed by atoms with van der Waals surface area (Å²) in [5.74, 6) is 2.19. The molecule has 1 unspecified atom stereocenters. The normalized spacial score (nSPS) is 21.6. The highest BCUT2D eigenvalue weighted by atomic mass is 16.3. The fraction of sp³-hybridized carbons (Fsp3) is 0.600. The molecule has 76 valence electrons. The maximum atomic E-state index is 9.03. The second-order valence-corrected chi connectivity index (χ2v) is 3.75. The third-order valence-electron chi connectivity index (χ3n) is 2.63. The minimum atomic E-state index is 0.278. The number of hydrogen-bond donors (Lipinski definition) is 1. The van der Waals surface area contributed by atoms with Crippen molar-refractivity contribution in [2.75, 3.05) is 24.6 Å². The Morgan fingerprint density at radius 2 is 2.50 bits per heavy atom. The van der Waals surface area contributed by atoms with Gasteiger partial charge in [-0.2, -0.15) is 0 Å². The Hall–Kier alpha value is -1.16. The molecule has 2 rings (SSSR count). The molecule has 0 bridgehead atoms. The van der Waals surface area contributed by atoms with Crippen LogP contribution in [0, 0.1) is 12.8 Å². The molecule has 4 heteroatoms. The Morgan fingerprint density at radius 3 is 3.14 bits per heavy atom. The van der Waals surface area contributed by atoms with Crippen molar-refractivity contribution in [3.63, 3.8) is 0 Å². The Morgan fingerprint density at radius 1 is 1.64 bits per heavy atom. The number of aliphatic hydroxyl groups excluding tert-OH is 1. The molecule has 0 aliphatic carbocycles. The lowest BCUT2D eigenvalue weighted by Gasteiger charge is -2.16. The monoisotopic (exact) mass is 193 g/mol. The highest BCUT2D eigenvalue weighted by Crippen LogP contribution is 2.21. The average Bonchev–Trinajstić information content (AvgIpc) is 2.66. The van der Waals surface area contributed by atoms with E-state index in [1.54, 1.807) is 6.20 Å². The van der Waals surface area contributed by atoms with E-state index in [1.165, 1.54) is 0 Å². The van der Waals surface area contributed by atoms with Crippen LogP contribution in [0.1, 0.15) is 12.2 Å². The summed E-state index contributed by atoms with van der Waals surface area (Å²) >= 11 is 0. The van der Waals surface area contributed by atoms with Gasteiger partial charge in [0, 0.05) is 31.8 Å². The molecular formula is C10H15N3O. The number of rotatable bonds is 2. The molecule has 1 aromatic heterocycles. The molecule has 0 saturated carbocycles. The van der Waals surface area contributed by atoms with Gasteiger partial charge >= 0.3 is 0 Å². The fourth-order valence-electron chi connectivity index (χ4n) is 1.81. The van der Waals surface area contributed by atoms with E-state index in [1.807, 2.05) is 13.0 Å². The van der Waals surface area contributed by atoms with E-state index in [-0.39, 0.29) is 6.61 Å². The topological polar surface area (TPSA) is 49.2 Å². The first kappa shape index (κ1) is 9.40. The minimum absolute atomic E-state index is 0.278. The molecule has 0 aromatic carbocycles. The first-order valence-electron chi connectivity index (χ1n) is 4.95. The molecule has 0 radical (unpaired) electrons. The van der Waals surface area contributed by atoms with Crippen LogP contribution in [0.4, 0.5) is 5.82 Å². The lowest BCUT2D eigenvalue weighted by molar-refractivity contribution is 0.238. The van der Waals surface area contributed by atoms with E-state index in [2.05, 4.69) is 14.9 Å². The predicted molar refractivity (Wildman–Crippen MR) is 54.2 cm³/mol. The van der Waals surface area contributed by atoms with Gasteiger partial charge < -0.3 is 10.0 Å². The van der Waals surface area contributed by atoms with Crippen molar-refractivity contribution in [2.45, 2.75) is 13.3 Å². The standard InChI is InChI=1S/C10H15N3O/c1-8-11-4-2-10(12-8)13-5-3-9(6-13)7-14/h2,4,9,14H,3,5-7H2,1H3. The summed E-state index contributed by atoms with van der Waals surface area (Å²) in [5, 5.41) is 9.03. The van der Waals surface area contributed by atoms with Gasteiger partial charge in [0.2, 0.25) is 0 Å². The zero-order chi connectivity index (χ0) is 9.97. The lowest BCUT2D eigenvalue weighted by atomic mass is 10.1. The molecule has 0 spiro atoms. The van der Waals surface area contributed by atoms with Crippen molar-refractivity contribution in [3.05, 3.63) is 18.1 Å². The molecule has 0 amide bonds. The first-order chi connectivity index (χ1) is 6.79. The highest BCUT2D eigenvalue weighted by molar-refractivity contribution is 5.38. The quantitative estimate of drug-likeness (QED) is 0.747. The van der Waals surface area contributed by atoms with Crippen LogP contribution in [-0.2, 0) is 0 Å². The Kier molecular flexibility index (Phi) is 2.63. The number of hydrogen-bond acceptors (Lipinski definition) is 4. The predicted octanol–water partition coefficient (Wildman–Crippen LogP) is 0.604. The van der Waals surface area contributed by atoms with E-state index < -0.39 is 0 Å². The van der Waals surface area contributed by atoms with Crippen LogP contribution < -0.4 is 4.90 Å². The number of aryl methyl sites for hydroxylation is 1. The number of aliphatic hydroxyl groups is 1. The van der Waals surface area contributed by atoms with Gasteiger partial charge in [-0.15, -0.1) is 0 Å². The lowest BCUT2D eigenvalue weighted by Crippen LogP contribution is -2.21. The molecule has 1 fully saturated rings. The van der Waals surface area contributed by atoms with Crippen LogP contribution in [0.5, 0.6) is 0 Å². The smallest absolute Gasteiger partial charge is 0.132 e. The molecule has 1 atom stereocenters. The Bertz CT molecular complexity index is 316. The van der Waals surface area contributed by atoms with Crippen molar-refractivity contribution in [1.82, 2.24) is 9.97 Å². The summed E-state index contributed by atoms with van der Waals surface area (Å²) in [4.78, 5) is 10.6. The molecule has 1 aliphatic heterocycles. The van der Waals surface area contributed by atoms with Gasteiger partial charge in [-0.3, -0.25) is 0 Å². The zero-order valence-electron chi connectivity index (χ0n) is 8.35. The van der Waals surface area contributed by atoms with E-state index in [9.17, 15) is 0 Å². The van der Waals surface area contributed by atoms with Gasteiger partial charge in [-0.05, 0) is 19.4 Å². The summed E-state index contributed by atoms with van der Waals surface area (Å²) in [5.41, 5.74) is 0. The number of nitrogens with zero attached hydrogens (tertiary/aromatic N) is 3. The maximum absolute atomic E-state index is 9.03. The van der Waals surface area contributed by atoms with Crippen LogP contribution in [0.3, 0.4) is 0 Å². The van der Waals surface area contributed by atoms with Crippen molar-refractivity contribution < 1.29 is 5.11 Å². The van der Waals surface area contributed by atoms with Crippen molar-refractivity contribution in [3.8, 4) is 0 Å².